The number of ether oxygens (including phenoxy) is 1. The molecule has 7 heteroatoms. The predicted molar refractivity (Wildman–Crippen MR) is 83.2 cm³/mol. The second kappa shape index (κ2) is 7.89. The minimum Gasteiger partial charge on any atom is -0.379 e. The van der Waals surface area contributed by atoms with Crippen LogP contribution in [0.3, 0.4) is 0 Å². The lowest BCUT2D eigenvalue weighted by Gasteiger charge is -2.32. The molecule has 2 amide bonds. The Kier molecular flexibility index (Phi) is 6.16. The van der Waals surface area contributed by atoms with Gasteiger partial charge in [0.05, 0.1) is 25.8 Å². The smallest absolute Gasteiger partial charge is 0.242 e. The fourth-order valence-electron chi connectivity index (χ4n) is 2.90. The maximum Gasteiger partial charge on any atom is 0.242 e. The molecule has 0 radical (unpaired) electrons. The number of nitrogens with one attached hydrogen (secondary N) is 1. The molecule has 0 saturated carbocycles. The first kappa shape index (κ1) is 17.2. The van der Waals surface area contributed by atoms with Crippen molar-refractivity contribution < 1.29 is 14.3 Å². The van der Waals surface area contributed by atoms with E-state index in [9.17, 15) is 9.59 Å². The summed E-state index contributed by atoms with van der Waals surface area (Å²) in [6.07, 6.45) is 0.991. The van der Waals surface area contributed by atoms with Gasteiger partial charge in [-0.05, 0) is 12.3 Å². The molecule has 2 saturated heterocycles. The lowest BCUT2D eigenvalue weighted by molar-refractivity contribution is -0.132. The molecule has 0 aromatic rings. The second-order valence-electron chi connectivity index (χ2n) is 6.42. The zero-order chi connectivity index (χ0) is 16.1. The van der Waals surface area contributed by atoms with Gasteiger partial charge in [0.25, 0.3) is 0 Å². The maximum absolute atomic E-state index is 12.2. The highest BCUT2D eigenvalue weighted by atomic mass is 16.5. The molecular weight excluding hydrogens is 284 g/mol. The Morgan fingerprint density at radius 3 is 2.59 bits per heavy atom. The number of carbonyl (C=O) groups is 2. The van der Waals surface area contributed by atoms with Crippen LogP contribution in [0.5, 0.6) is 0 Å². The van der Waals surface area contributed by atoms with Gasteiger partial charge in [0.2, 0.25) is 11.8 Å². The van der Waals surface area contributed by atoms with Crippen molar-refractivity contribution in [2.45, 2.75) is 32.4 Å². The van der Waals surface area contributed by atoms with Crippen molar-refractivity contribution in [3.8, 4) is 0 Å². The van der Waals surface area contributed by atoms with Gasteiger partial charge in [-0.3, -0.25) is 14.5 Å². The van der Waals surface area contributed by atoms with Crippen LogP contribution in [0.2, 0.25) is 0 Å². The van der Waals surface area contributed by atoms with Crippen molar-refractivity contribution in [1.82, 2.24) is 15.1 Å². The fourth-order valence-corrected chi connectivity index (χ4v) is 2.90. The van der Waals surface area contributed by atoms with Crippen molar-refractivity contribution in [2.75, 3.05) is 45.9 Å². The van der Waals surface area contributed by atoms with E-state index in [1.54, 1.807) is 0 Å². The third-order valence-corrected chi connectivity index (χ3v) is 4.51. The maximum atomic E-state index is 12.2. The highest BCUT2D eigenvalue weighted by molar-refractivity contribution is 5.87. The van der Waals surface area contributed by atoms with Gasteiger partial charge in [-0.1, -0.05) is 13.8 Å². The van der Waals surface area contributed by atoms with E-state index in [4.69, 9.17) is 10.5 Å². The first-order valence-corrected chi connectivity index (χ1v) is 8.12. The molecule has 2 heterocycles. The zero-order valence-electron chi connectivity index (χ0n) is 13.6. The SMILES string of the molecule is CC(C)[C@H](N)C(=O)NCC(=O)N1CCC(N2CCOCC2)C1. The standard InChI is InChI=1S/C15H28N4O3/c1-11(2)14(16)15(21)17-9-13(20)19-4-3-12(10-19)18-5-7-22-8-6-18/h11-12,14H,3-10,16H2,1-2H3,(H,17,21)/t12?,14-/m0/s1. The van der Waals surface area contributed by atoms with E-state index in [2.05, 4.69) is 10.2 Å². The van der Waals surface area contributed by atoms with Crippen LogP contribution in [-0.2, 0) is 14.3 Å². The molecule has 126 valence electrons. The average Bonchev–Trinajstić information content (AvgIpc) is 3.02. The quantitative estimate of drug-likeness (QED) is 0.681. The van der Waals surface area contributed by atoms with Crippen LogP contribution in [-0.4, -0.2) is 79.6 Å². The minimum absolute atomic E-state index is 0.0277. The molecule has 2 atom stereocenters. The molecule has 2 rings (SSSR count). The van der Waals surface area contributed by atoms with Gasteiger partial charge >= 0.3 is 0 Å². The number of likely N-dealkylation sites (tertiary alicyclic amines) is 1. The molecule has 0 bridgehead atoms. The zero-order valence-corrected chi connectivity index (χ0v) is 13.6. The Bertz CT molecular complexity index is 396. The second-order valence-corrected chi connectivity index (χ2v) is 6.42. The molecule has 1 unspecified atom stereocenters. The van der Waals surface area contributed by atoms with Gasteiger partial charge in [-0.15, -0.1) is 0 Å². The van der Waals surface area contributed by atoms with Gasteiger partial charge in [0.15, 0.2) is 0 Å². The Hall–Kier alpha value is -1.18. The summed E-state index contributed by atoms with van der Waals surface area (Å²) >= 11 is 0. The van der Waals surface area contributed by atoms with Crippen molar-refractivity contribution >= 4 is 11.8 Å². The molecule has 22 heavy (non-hydrogen) atoms. The van der Waals surface area contributed by atoms with Crippen LogP contribution in [0.1, 0.15) is 20.3 Å². The van der Waals surface area contributed by atoms with Crippen molar-refractivity contribution in [3.63, 3.8) is 0 Å². The summed E-state index contributed by atoms with van der Waals surface area (Å²) in [4.78, 5) is 28.2. The number of rotatable bonds is 5. The first-order chi connectivity index (χ1) is 10.5. The molecule has 2 fully saturated rings. The van der Waals surface area contributed by atoms with Crippen LogP contribution in [0, 0.1) is 5.92 Å². The Labute approximate surface area is 132 Å². The molecule has 2 aliphatic rings. The molecule has 2 aliphatic heterocycles. The summed E-state index contributed by atoms with van der Waals surface area (Å²) in [7, 11) is 0. The summed E-state index contributed by atoms with van der Waals surface area (Å²) in [5.41, 5.74) is 5.76. The van der Waals surface area contributed by atoms with E-state index in [-0.39, 0.29) is 24.3 Å². The third-order valence-electron chi connectivity index (χ3n) is 4.51. The van der Waals surface area contributed by atoms with Crippen molar-refractivity contribution in [3.05, 3.63) is 0 Å². The van der Waals surface area contributed by atoms with E-state index in [1.807, 2.05) is 18.7 Å². The monoisotopic (exact) mass is 312 g/mol. The molecule has 0 spiro atoms. The minimum atomic E-state index is -0.563. The summed E-state index contributed by atoms with van der Waals surface area (Å²) in [6, 6.07) is -0.144. The first-order valence-electron chi connectivity index (χ1n) is 8.12. The van der Waals surface area contributed by atoms with E-state index in [1.165, 1.54) is 0 Å². The van der Waals surface area contributed by atoms with Crippen LogP contribution >= 0.6 is 0 Å². The number of nitrogens with zero attached hydrogens (tertiary/aromatic N) is 2. The third kappa shape index (κ3) is 4.41. The molecule has 0 aliphatic carbocycles. The van der Waals surface area contributed by atoms with Crippen LogP contribution in [0.25, 0.3) is 0 Å². The molecule has 3 N–H and O–H groups in total. The number of hydrogen-bond acceptors (Lipinski definition) is 5. The molecule has 0 aromatic carbocycles. The van der Waals surface area contributed by atoms with Gasteiger partial charge in [-0.25, -0.2) is 0 Å². The number of carbonyl (C=O) groups excluding carboxylic acids is 2. The summed E-state index contributed by atoms with van der Waals surface area (Å²) < 4.78 is 5.36. The largest absolute Gasteiger partial charge is 0.379 e. The molecule has 0 aromatic heterocycles. The Morgan fingerprint density at radius 1 is 1.27 bits per heavy atom. The Balaban J connectivity index is 1.73. The van der Waals surface area contributed by atoms with Crippen LogP contribution in [0.4, 0.5) is 0 Å². The van der Waals surface area contributed by atoms with Crippen molar-refractivity contribution in [1.29, 1.82) is 0 Å². The number of morpholine rings is 1. The highest BCUT2D eigenvalue weighted by Crippen LogP contribution is 2.16. The molecule has 7 nitrogen and oxygen atoms in total. The van der Waals surface area contributed by atoms with Gasteiger partial charge in [0.1, 0.15) is 0 Å². The number of nitrogens with two attached hydrogens (primary N) is 1. The van der Waals surface area contributed by atoms with E-state index in [0.717, 1.165) is 45.8 Å². The molecular formula is C15H28N4O3. The highest BCUT2D eigenvalue weighted by Gasteiger charge is 2.31. The van der Waals surface area contributed by atoms with E-state index in [0.29, 0.717) is 6.04 Å². The number of amides is 2. The van der Waals surface area contributed by atoms with Gasteiger partial charge < -0.3 is 20.7 Å². The Morgan fingerprint density at radius 2 is 1.95 bits per heavy atom. The van der Waals surface area contributed by atoms with Gasteiger partial charge in [0, 0.05) is 32.2 Å². The summed E-state index contributed by atoms with van der Waals surface area (Å²) in [5, 5.41) is 2.65. The summed E-state index contributed by atoms with van der Waals surface area (Å²) in [6.45, 7) is 8.73. The number of hydrogen-bond donors (Lipinski definition) is 2. The predicted octanol–water partition coefficient (Wildman–Crippen LogP) is -0.981. The summed E-state index contributed by atoms with van der Waals surface area (Å²) in [5.74, 6) is -0.222. The van der Waals surface area contributed by atoms with Crippen molar-refractivity contribution in [2.24, 2.45) is 11.7 Å². The van der Waals surface area contributed by atoms with E-state index >= 15 is 0 Å². The van der Waals surface area contributed by atoms with E-state index < -0.39 is 6.04 Å². The topological polar surface area (TPSA) is 87.9 Å². The normalized spacial score (nSPS) is 24.5. The fraction of sp³-hybridized carbons (Fsp3) is 0.867. The average molecular weight is 312 g/mol. The van der Waals surface area contributed by atoms with Crippen LogP contribution in [0.15, 0.2) is 0 Å². The van der Waals surface area contributed by atoms with Gasteiger partial charge in [-0.2, -0.15) is 0 Å². The lowest BCUT2D eigenvalue weighted by Crippen LogP contribution is -2.48. The lowest BCUT2D eigenvalue weighted by atomic mass is 10.1. The van der Waals surface area contributed by atoms with Crippen LogP contribution < -0.4 is 11.1 Å².